The molecule has 0 radical (unpaired) electrons. The minimum Gasteiger partial charge on any atom is -0.426 e. The zero-order valence-electron chi connectivity index (χ0n) is 20.4. The molecule has 0 heterocycles. The molecule has 4 aromatic carbocycles. The molecule has 4 aromatic rings. The van der Waals surface area contributed by atoms with E-state index in [2.05, 4.69) is 91.0 Å². The molecule has 2 atom stereocenters. The quantitative estimate of drug-likeness (QED) is 0.225. The van der Waals surface area contributed by atoms with Crippen molar-refractivity contribution in [3.8, 4) is 5.75 Å². The third kappa shape index (κ3) is 2.88. The molecule has 36 heavy (non-hydrogen) atoms. The number of esters is 1. The molecular weight excluding hydrogens is 440 g/mol. The van der Waals surface area contributed by atoms with Crippen molar-refractivity contribution >= 4 is 5.97 Å². The fourth-order valence-corrected chi connectivity index (χ4v) is 8.63. The van der Waals surface area contributed by atoms with Gasteiger partial charge in [0.1, 0.15) is 5.75 Å². The van der Waals surface area contributed by atoms with Crippen LogP contribution in [0.2, 0.25) is 0 Å². The van der Waals surface area contributed by atoms with Crippen LogP contribution in [0.25, 0.3) is 0 Å². The monoisotopic (exact) mass is 470 g/mol. The zero-order valence-corrected chi connectivity index (χ0v) is 20.4. The molecule has 2 heteroatoms. The van der Waals surface area contributed by atoms with Crippen LogP contribution >= 0.6 is 0 Å². The summed E-state index contributed by atoms with van der Waals surface area (Å²) >= 11 is 0. The maximum Gasteiger partial charge on any atom is 0.317 e. The van der Waals surface area contributed by atoms with Gasteiger partial charge in [0.15, 0.2) is 0 Å². The van der Waals surface area contributed by atoms with Crippen LogP contribution in [0.5, 0.6) is 5.75 Å². The number of benzene rings is 4. The largest absolute Gasteiger partial charge is 0.426 e. The molecule has 0 amide bonds. The second-order valence-corrected chi connectivity index (χ2v) is 11.4. The van der Waals surface area contributed by atoms with Gasteiger partial charge in [-0.3, -0.25) is 4.79 Å². The molecule has 4 aliphatic carbocycles. The lowest BCUT2D eigenvalue weighted by atomic mass is 9.56. The zero-order chi connectivity index (χ0) is 24.3. The molecule has 0 spiro atoms. The summed E-state index contributed by atoms with van der Waals surface area (Å²) < 4.78 is 6.15. The summed E-state index contributed by atoms with van der Waals surface area (Å²) in [6.45, 7) is 0. The number of hydrogen-bond donors (Lipinski definition) is 0. The lowest BCUT2D eigenvalue weighted by Gasteiger charge is -2.47. The molecule has 4 fully saturated rings. The van der Waals surface area contributed by atoms with E-state index in [9.17, 15) is 4.79 Å². The first-order chi connectivity index (χ1) is 17.6. The highest BCUT2D eigenvalue weighted by Crippen LogP contribution is 2.80. The van der Waals surface area contributed by atoms with Crippen LogP contribution < -0.4 is 4.74 Å². The smallest absolute Gasteiger partial charge is 0.317 e. The predicted octanol–water partition coefficient (Wildman–Crippen LogP) is 7.38. The molecule has 4 aliphatic rings. The summed E-state index contributed by atoms with van der Waals surface area (Å²) in [5, 5.41) is 0. The van der Waals surface area contributed by atoms with E-state index in [0.717, 1.165) is 32.1 Å². The summed E-state index contributed by atoms with van der Waals surface area (Å²) in [5.41, 5.74) is 3.23. The Labute approximate surface area is 213 Å². The van der Waals surface area contributed by atoms with E-state index in [0.29, 0.717) is 5.75 Å². The van der Waals surface area contributed by atoms with Gasteiger partial charge < -0.3 is 4.74 Å². The third-order valence-electron chi connectivity index (χ3n) is 9.58. The van der Waals surface area contributed by atoms with Crippen molar-refractivity contribution < 1.29 is 9.53 Å². The molecule has 0 aromatic heterocycles. The third-order valence-corrected chi connectivity index (χ3v) is 9.58. The summed E-state index contributed by atoms with van der Waals surface area (Å²) in [6.07, 6.45) is 4.63. The fraction of sp³-hybridized carbons (Fsp3) is 0.265. The van der Waals surface area contributed by atoms with Gasteiger partial charge in [-0.15, -0.1) is 0 Å². The number of rotatable bonds is 5. The van der Waals surface area contributed by atoms with E-state index in [-0.39, 0.29) is 22.2 Å². The molecular formula is C34H30O2. The molecule has 0 saturated heterocycles. The van der Waals surface area contributed by atoms with Gasteiger partial charge in [0.05, 0.1) is 5.41 Å². The molecule has 178 valence electrons. The fourth-order valence-electron chi connectivity index (χ4n) is 8.63. The van der Waals surface area contributed by atoms with Gasteiger partial charge in [-0.25, -0.2) is 0 Å². The van der Waals surface area contributed by atoms with Gasteiger partial charge in [-0.2, -0.15) is 0 Å². The number of para-hydroxylation sites is 1. The van der Waals surface area contributed by atoms with Gasteiger partial charge in [-0.1, -0.05) is 109 Å². The molecule has 2 nitrogen and oxygen atoms in total. The Balaban J connectivity index is 1.45. The summed E-state index contributed by atoms with van der Waals surface area (Å²) in [6, 6.07) is 42.5. The van der Waals surface area contributed by atoms with Gasteiger partial charge in [0, 0.05) is 10.8 Å². The van der Waals surface area contributed by atoms with Crippen LogP contribution in [0, 0.1) is 5.41 Å². The number of ether oxygens (including phenoxy) is 1. The second-order valence-electron chi connectivity index (χ2n) is 11.4. The Morgan fingerprint density at radius 3 is 1.39 bits per heavy atom. The average Bonchev–Trinajstić information content (AvgIpc) is 3.29. The van der Waals surface area contributed by atoms with E-state index in [1.807, 2.05) is 30.3 Å². The number of carbonyl (C=O) groups excluding carboxylic acids is 1. The molecule has 4 saturated carbocycles. The molecule has 4 bridgehead atoms. The van der Waals surface area contributed by atoms with E-state index in [4.69, 9.17) is 4.74 Å². The van der Waals surface area contributed by atoms with Crippen LogP contribution in [0.15, 0.2) is 121 Å². The first-order valence-corrected chi connectivity index (χ1v) is 13.0. The maximum atomic E-state index is 14.2. The van der Waals surface area contributed by atoms with Crippen molar-refractivity contribution in [1.29, 1.82) is 0 Å². The van der Waals surface area contributed by atoms with Crippen molar-refractivity contribution in [2.24, 2.45) is 5.41 Å². The Morgan fingerprint density at radius 1 is 0.500 bits per heavy atom. The first-order valence-electron chi connectivity index (χ1n) is 13.0. The predicted molar refractivity (Wildman–Crippen MR) is 142 cm³/mol. The van der Waals surface area contributed by atoms with E-state index >= 15 is 0 Å². The normalized spacial score (nSPS) is 31.9. The van der Waals surface area contributed by atoms with Gasteiger partial charge in [0.2, 0.25) is 0 Å². The highest BCUT2D eigenvalue weighted by Gasteiger charge is 2.79. The second kappa shape index (κ2) is 7.67. The van der Waals surface area contributed by atoms with E-state index in [1.54, 1.807) is 0 Å². The van der Waals surface area contributed by atoms with Crippen molar-refractivity contribution in [3.05, 3.63) is 138 Å². The Morgan fingerprint density at radius 2 is 0.917 bits per heavy atom. The topological polar surface area (TPSA) is 26.3 Å². The summed E-state index contributed by atoms with van der Waals surface area (Å²) in [4.78, 5) is 14.2. The van der Waals surface area contributed by atoms with Crippen molar-refractivity contribution in [2.45, 2.75) is 48.3 Å². The van der Waals surface area contributed by atoms with Gasteiger partial charge in [-0.05, 0) is 66.3 Å². The summed E-state index contributed by atoms with van der Waals surface area (Å²) in [7, 11) is 0. The van der Waals surface area contributed by atoms with E-state index < -0.39 is 5.41 Å². The maximum absolute atomic E-state index is 14.2. The van der Waals surface area contributed by atoms with Crippen LogP contribution in [-0.4, -0.2) is 5.97 Å². The lowest BCUT2D eigenvalue weighted by molar-refractivity contribution is -0.149. The van der Waals surface area contributed by atoms with Crippen molar-refractivity contribution in [2.75, 3.05) is 0 Å². The standard InChI is InChI=1S/C34H30O2/c35-30(36-29-19-11-4-12-20-29)32-21-31(26-13-5-1-6-14-26)22-33(24-32,27-15-7-2-8-16-27)34(23-31,25-32)28-17-9-3-10-18-28/h1-20H,21-25H2. The first kappa shape index (κ1) is 21.6. The van der Waals surface area contributed by atoms with Crippen LogP contribution in [0.1, 0.15) is 48.8 Å². The lowest BCUT2D eigenvalue weighted by Crippen LogP contribution is -2.47. The molecule has 0 aliphatic heterocycles. The number of hydrogen-bond acceptors (Lipinski definition) is 2. The molecule has 8 rings (SSSR count). The average molecular weight is 471 g/mol. The van der Waals surface area contributed by atoms with Gasteiger partial charge in [0.25, 0.3) is 0 Å². The number of carbonyl (C=O) groups is 1. The summed E-state index contributed by atoms with van der Waals surface area (Å²) in [5.74, 6) is 0.572. The minimum absolute atomic E-state index is 0.0634. The van der Waals surface area contributed by atoms with Gasteiger partial charge >= 0.3 is 5.97 Å². The van der Waals surface area contributed by atoms with Crippen LogP contribution in [0.3, 0.4) is 0 Å². The highest BCUT2D eigenvalue weighted by atomic mass is 16.5. The van der Waals surface area contributed by atoms with Crippen LogP contribution in [-0.2, 0) is 21.0 Å². The van der Waals surface area contributed by atoms with Crippen molar-refractivity contribution in [1.82, 2.24) is 0 Å². The van der Waals surface area contributed by atoms with Crippen molar-refractivity contribution in [3.63, 3.8) is 0 Å². The Kier molecular flexibility index (Phi) is 4.61. The van der Waals surface area contributed by atoms with E-state index in [1.165, 1.54) is 16.7 Å². The SMILES string of the molecule is O=C(Oc1ccccc1)C12CC3(c4ccccc4)CC(c4ccccc4)(C1)C(c1ccccc1)(C2)C3. The Hall–Kier alpha value is -3.65. The van der Waals surface area contributed by atoms with Crippen LogP contribution in [0.4, 0.5) is 0 Å². The minimum atomic E-state index is -0.534. The Bertz CT molecular complexity index is 1340. The highest BCUT2D eigenvalue weighted by molar-refractivity contribution is 5.82. The molecule has 2 unspecified atom stereocenters. The molecule has 0 N–H and O–H groups in total.